The van der Waals surface area contributed by atoms with Crippen molar-refractivity contribution in [1.29, 1.82) is 0 Å². The summed E-state index contributed by atoms with van der Waals surface area (Å²) in [4.78, 5) is 4.02. The number of rotatable bonds is 2. The number of halogens is 1. The van der Waals surface area contributed by atoms with Gasteiger partial charge in [-0.1, -0.05) is 6.07 Å². The van der Waals surface area contributed by atoms with Gasteiger partial charge < -0.3 is 10.5 Å². The minimum Gasteiger partial charge on any atom is -0.437 e. The van der Waals surface area contributed by atoms with Crippen LogP contribution >= 0.6 is 0 Å². The quantitative estimate of drug-likeness (QED) is 0.864. The van der Waals surface area contributed by atoms with Crippen LogP contribution in [-0.2, 0) is 0 Å². The fourth-order valence-electron chi connectivity index (χ4n) is 1.37. The molecule has 2 rings (SSSR count). The monoisotopic (exact) mass is 232 g/mol. The van der Waals surface area contributed by atoms with Crippen molar-refractivity contribution in [2.75, 3.05) is 5.73 Å². The standard InChI is InChI=1S/C13H13FN2O/c1-8-3-4-10(7-11(8)14)17-13-12(15)9(2)5-6-16-13/h3-7H,15H2,1-2H3. The van der Waals surface area contributed by atoms with Crippen molar-refractivity contribution in [2.24, 2.45) is 0 Å². The molecule has 2 N–H and O–H groups in total. The Morgan fingerprint density at radius 1 is 1.18 bits per heavy atom. The van der Waals surface area contributed by atoms with Crippen molar-refractivity contribution in [3.63, 3.8) is 0 Å². The van der Waals surface area contributed by atoms with Crippen molar-refractivity contribution in [1.82, 2.24) is 4.98 Å². The molecule has 0 fully saturated rings. The van der Waals surface area contributed by atoms with E-state index in [2.05, 4.69) is 4.98 Å². The Morgan fingerprint density at radius 3 is 2.65 bits per heavy atom. The van der Waals surface area contributed by atoms with Crippen LogP contribution in [0.5, 0.6) is 11.6 Å². The number of nitrogens with zero attached hydrogens (tertiary/aromatic N) is 1. The van der Waals surface area contributed by atoms with Gasteiger partial charge in [-0.3, -0.25) is 0 Å². The molecule has 0 spiro atoms. The molecule has 1 aromatic carbocycles. The number of anilines is 1. The van der Waals surface area contributed by atoms with Crippen molar-refractivity contribution in [3.05, 3.63) is 47.4 Å². The zero-order valence-electron chi connectivity index (χ0n) is 9.70. The van der Waals surface area contributed by atoms with Crippen molar-refractivity contribution in [3.8, 4) is 11.6 Å². The van der Waals surface area contributed by atoms with Gasteiger partial charge in [0.15, 0.2) is 0 Å². The van der Waals surface area contributed by atoms with Crippen LogP contribution < -0.4 is 10.5 Å². The van der Waals surface area contributed by atoms with E-state index >= 15 is 0 Å². The topological polar surface area (TPSA) is 48.1 Å². The van der Waals surface area contributed by atoms with Crippen LogP contribution in [0.2, 0.25) is 0 Å². The molecule has 0 atom stereocenters. The minimum atomic E-state index is -0.311. The molecule has 0 aliphatic rings. The van der Waals surface area contributed by atoms with E-state index in [1.54, 1.807) is 31.3 Å². The Balaban J connectivity index is 2.31. The normalized spacial score (nSPS) is 10.3. The number of hydrogen-bond donors (Lipinski definition) is 1. The first-order valence-corrected chi connectivity index (χ1v) is 5.23. The van der Waals surface area contributed by atoms with E-state index in [1.807, 2.05) is 6.92 Å². The molecule has 0 bridgehead atoms. The smallest absolute Gasteiger partial charge is 0.242 e. The van der Waals surface area contributed by atoms with Gasteiger partial charge in [-0.05, 0) is 37.1 Å². The summed E-state index contributed by atoms with van der Waals surface area (Å²) < 4.78 is 18.8. The molecule has 4 heteroatoms. The fraction of sp³-hybridized carbons (Fsp3) is 0.154. The van der Waals surface area contributed by atoms with E-state index in [0.29, 0.717) is 22.9 Å². The molecule has 0 aliphatic heterocycles. The van der Waals surface area contributed by atoms with Gasteiger partial charge >= 0.3 is 0 Å². The number of hydrogen-bond acceptors (Lipinski definition) is 3. The molecule has 0 amide bonds. The molecular formula is C13H13FN2O. The SMILES string of the molecule is Cc1ccc(Oc2nccc(C)c2N)cc1F. The third kappa shape index (κ3) is 2.36. The average molecular weight is 232 g/mol. The maximum atomic E-state index is 13.3. The Labute approximate surface area is 99.1 Å². The molecular weight excluding hydrogens is 219 g/mol. The van der Waals surface area contributed by atoms with Crippen LogP contribution in [-0.4, -0.2) is 4.98 Å². The summed E-state index contributed by atoms with van der Waals surface area (Å²) in [5.41, 5.74) is 7.73. The maximum absolute atomic E-state index is 13.3. The number of pyridine rings is 1. The molecule has 0 saturated heterocycles. The molecule has 17 heavy (non-hydrogen) atoms. The van der Waals surface area contributed by atoms with Crippen LogP contribution in [0.1, 0.15) is 11.1 Å². The molecule has 3 nitrogen and oxygen atoms in total. The van der Waals surface area contributed by atoms with Gasteiger partial charge in [0.05, 0.1) is 5.69 Å². The minimum absolute atomic E-state index is 0.299. The summed E-state index contributed by atoms with van der Waals surface area (Å²) in [6, 6.07) is 6.44. The Morgan fingerprint density at radius 2 is 1.94 bits per heavy atom. The molecule has 0 radical (unpaired) electrons. The molecule has 2 aromatic rings. The van der Waals surface area contributed by atoms with Gasteiger partial charge in [0.25, 0.3) is 0 Å². The third-order valence-electron chi connectivity index (χ3n) is 2.53. The fourth-order valence-corrected chi connectivity index (χ4v) is 1.37. The predicted molar refractivity (Wildman–Crippen MR) is 64.6 cm³/mol. The van der Waals surface area contributed by atoms with Gasteiger partial charge in [0, 0.05) is 12.3 Å². The lowest BCUT2D eigenvalue weighted by Crippen LogP contribution is -1.97. The second-order valence-corrected chi connectivity index (χ2v) is 3.86. The summed E-state index contributed by atoms with van der Waals surface area (Å²) in [6.07, 6.45) is 1.60. The van der Waals surface area contributed by atoms with Gasteiger partial charge in [-0.25, -0.2) is 9.37 Å². The van der Waals surface area contributed by atoms with Crippen LogP contribution in [0, 0.1) is 19.7 Å². The van der Waals surface area contributed by atoms with Crippen molar-refractivity contribution in [2.45, 2.75) is 13.8 Å². The molecule has 88 valence electrons. The second kappa shape index (κ2) is 4.41. The van der Waals surface area contributed by atoms with E-state index < -0.39 is 0 Å². The van der Waals surface area contributed by atoms with Gasteiger partial charge in [-0.15, -0.1) is 0 Å². The summed E-state index contributed by atoms with van der Waals surface area (Å²) in [7, 11) is 0. The highest BCUT2D eigenvalue weighted by Crippen LogP contribution is 2.27. The molecule has 0 aliphatic carbocycles. The summed E-state index contributed by atoms with van der Waals surface area (Å²) in [6.45, 7) is 3.55. The first-order chi connectivity index (χ1) is 8.08. The van der Waals surface area contributed by atoms with E-state index in [4.69, 9.17) is 10.5 Å². The number of aromatic nitrogens is 1. The molecule has 0 unspecified atom stereocenters. The third-order valence-corrected chi connectivity index (χ3v) is 2.53. The van der Waals surface area contributed by atoms with E-state index in [9.17, 15) is 4.39 Å². The number of ether oxygens (including phenoxy) is 1. The molecule has 1 heterocycles. The first-order valence-electron chi connectivity index (χ1n) is 5.23. The first kappa shape index (κ1) is 11.4. The van der Waals surface area contributed by atoms with Gasteiger partial charge in [-0.2, -0.15) is 0 Å². The van der Waals surface area contributed by atoms with E-state index in [0.717, 1.165) is 5.56 Å². The zero-order chi connectivity index (χ0) is 12.4. The van der Waals surface area contributed by atoms with Crippen LogP contribution in [0.25, 0.3) is 0 Å². The second-order valence-electron chi connectivity index (χ2n) is 3.86. The number of aryl methyl sites for hydroxylation is 2. The Hall–Kier alpha value is -2.10. The van der Waals surface area contributed by atoms with Gasteiger partial charge in [0.2, 0.25) is 5.88 Å². The van der Waals surface area contributed by atoms with Crippen LogP contribution in [0.3, 0.4) is 0 Å². The maximum Gasteiger partial charge on any atom is 0.242 e. The van der Waals surface area contributed by atoms with Crippen molar-refractivity contribution >= 4 is 5.69 Å². The Kier molecular flexibility index (Phi) is 2.95. The van der Waals surface area contributed by atoms with E-state index in [1.165, 1.54) is 6.07 Å². The molecule has 1 aromatic heterocycles. The van der Waals surface area contributed by atoms with Crippen LogP contribution in [0.15, 0.2) is 30.5 Å². The number of benzene rings is 1. The van der Waals surface area contributed by atoms with Gasteiger partial charge in [0.1, 0.15) is 11.6 Å². The lowest BCUT2D eigenvalue weighted by atomic mass is 10.2. The number of nitrogens with two attached hydrogens (primary N) is 1. The number of nitrogen functional groups attached to an aromatic ring is 1. The molecule has 0 saturated carbocycles. The Bertz CT molecular complexity index is 555. The summed E-state index contributed by atoms with van der Waals surface area (Å²) in [5, 5.41) is 0. The highest BCUT2D eigenvalue weighted by atomic mass is 19.1. The zero-order valence-corrected chi connectivity index (χ0v) is 9.70. The largest absolute Gasteiger partial charge is 0.437 e. The summed E-state index contributed by atoms with van der Waals surface area (Å²) in [5.74, 6) is 0.375. The predicted octanol–water partition coefficient (Wildman–Crippen LogP) is 3.21. The van der Waals surface area contributed by atoms with E-state index in [-0.39, 0.29) is 5.82 Å². The highest BCUT2D eigenvalue weighted by Gasteiger charge is 2.07. The van der Waals surface area contributed by atoms with Crippen molar-refractivity contribution < 1.29 is 9.13 Å². The average Bonchev–Trinajstić information content (AvgIpc) is 2.30. The highest BCUT2D eigenvalue weighted by molar-refractivity contribution is 5.55. The lowest BCUT2D eigenvalue weighted by molar-refractivity contribution is 0.459. The summed E-state index contributed by atoms with van der Waals surface area (Å²) >= 11 is 0. The van der Waals surface area contributed by atoms with Crippen LogP contribution in [0.4, 0.5) is 10.1 Å². The lowest BCUT2D eigenvalue weighted by Gasteiger charge is -2.09.